The Morgan fingerprint density at radius 3 is 2.61 bits per heavy atom. The number of carbonyl (C=O) groups excluding carboxylic acids is 1. The quantitative estimate of drug-likeness (QED) is 0.612. The minimum Gasteiger partial charge on any atom is -0.443 e. The van der Waals surface area contributed by atoms with Crippen molar-refractivity contribution in [3.05, 3.63) is 0 Å². The first-order valence-electron chi connectivity index (χ1n) is 6.98. The molecule has 0 radical (unpaired) electrons. The molecule has 0 heterocycles. The Balaban J connectivity index is 2.08. The first kappa shape index (κ1) is 15.0. The van der Waals surface area contributed by atoms with Crippen LogP contribution in [0.25, 0.3) is 0 Å². The number of amides is 1. The lowest BCUT2D eigenvalue weighted by Crippen LogP contribution is -2.29. The summed E-state index contributed by atoms with van der Waals surface area (Å²) in [6, 6.07) is 0. The summed E-state index contributed by atoms with van der Waals surface area (Å²) < 4.78 is 5.07. The molecule has 104 valence electrons. The molecule has 0 atom stereocenters. The van der Waals surface area contributed by atoms with Crippen molar-refractivity contribution >= 4 is 12.3 Å². The van der Waals surface area contributed by atoms with E-state index in [1.54, 1.807) is 6.21 Å². The average Bonchev–Trinajstić information content (AvgIpc) is 2.27. The molecule has 1 amide bonds. The van der Waals surface area contributed by atoms with Gasteiger partial charge in [0.25, 0.3) is 0 Å². The molecule has 4 heteroatoms. The summed E-state index contributed by atoms with van der Waals surface area (Å²) in [5.41, 5.74) is 1.91. The fourth-order valence-electron chi connectivity index (χ4n) is 2.25. The van der Waals surface area contributed by atoms with Gasteiger partial charge in [-0.15, -0.1) is 0 Å². The summed E-state index contributed by atoms with van der Waals surface area (Å²) in [5.74, 6) is 0.853. The smallest absolute Gasteiger partial charge is 0.428 e. The van der Waals surface area contributed by atoms with E-state index in [-0.39, 0.29) is 0 Å². The number of hydrogen-bond donors (Lipinski definition) is 1. The van der Waals surface area contributed by atoms with Gasteiger partial charge in [0.15, 0.2) is 0 Å². The third-order valence-corrected chi connectivity index (χ3v) is 3.07. The van der Waals surface area contributed by atoms with Gasteiger partial charge in [-0.3, -0.25) is 0 Å². The van der Waals surface area contributed by atoms with Crippen molar-refractivity contribution < 1.29 is 9.53 Å². The zero-order valence-corrected chi connectivity index (χ0v) is 11.9. The van der Waals surface area contributed by atoms with Crippen LogP contribution >= 0.6 is 0 Å². The van der Waals surface area contributed by atoms with E-state index >= 15 is 0 Å². The van der Waals surface area contributed by atoms with Gasteiger partial charge in [0.2, 0.25) is 0 Å². The molecule has 1 aliphatic rings. The van der Waals surface area contributed by atoms with Crippen molar-refractivity contribution in [1.29, 1.82) is 0 Å². The highest BCUT2D eigenvalue weighted by Gasteiger charge is 2.15. The summed E-state index contributed by atoms with van der Waals surface area (Å²) in [4.78, 5) is 11.3. The maximum atomic E-state index is 11.3. The van der Waals surface area contributed by atoms with E-state index < -0.39 is 11.7 Å². The molecule has 0 aromatic heterocycles. The van der Waals surface area contributed by atoms with Crippen LogP contribution in [0.15, 0.2) is 5.10 Å². The van der Waals surface area contributed by atoms with Gasteiger partial charge in [-0.25, -0.2) is 10.2 Å². The van der Waals surface area contributed by atoms with Gasteiger partial charge in [0.1, 0.15) is 5.60 Å². The molecule has 1 rings (SSSR count). The minimum absolute atomic E-state index is 0.471. The van der Waals surface area contributed by atoms with E-state index in [1.807, 2.05) is 20.8 Å². The fourth-order valence-corrected chi connectivity index (χ4v) is 2.25. The van der Waals surface area contributed by atoms with Crippen LogP contribution in [0, 0.1) is 5.92 Å². The number of nitrogens with zero attached hydrogens (tertiary/aromatic N) is 1. The van der Waals surface area contributed by atoms with Gasteiger partial charge in [-0.2, -0.15) is 5.10 Å². The minimum atomic E-state index is -0.489. The molecule has 1 fully saturated rings. The number of hydrazone groups is 1. The molecule has 0 aromatic carbocycles. The highest BCUT2D eigenvalue weighted by atomic mass is 16.6. The van der Waals surface area contributed by atoms with Crippen molar-refractivity contribution in [1.82, 2.24) is 5.43 Å². The Morgan fingerprint density at radius 2 is 2.00 bits per heavy atom. The largest absolute Gasteiger partial charge is 0.443 e. The number of rotatable bonds is 4. The SMILES string of the molecule is CC(C)(C)OC(=O)N/N=C/CCC1CCCCC1. The number of nitrogens with one attached hydrogen (secondary N) is 1. The van der Waals surface area contributed by atoms with Crippen LogP contribution in [0.3, 0.4) is 0 Å². The normalized spacial score (nSPS) is 17.9. The van der Waals surface area contributed by atoms with Crippen LogP contribution in [0.1, 0.15) is 65.7 Å². The lowest BCUT2D eigenvalue weighted by Gasteiger charge is -2.20. The van der Waals surface area contributed by atoms with E-state index in [9.17, 15) is 4.79 Å². The van der Waals surface area contributed by atoms with Crippen LogP contribution in [-0.2, 0) is 4.74 Å². The number of ether oxygens (including phenoxy) is 1. The number of carbonyl (C=O) groups is 1. The highest BCUT2D eigenvalue weighted by molar-refractivity contribution is 5.69. The second kappa shape index (κ2) is 7.39. The van der Waals surface area contributed by atoms with Crippen molar-refractivity contribution in [3.8, 4) is 0 Å². The molecule has 1 saturated carbocycles. The Hall–Kier alpha value is -1.06. The van der Waals surface area contributed by atoms with E-state index in [2.05, 4.69) is 10.5 Å². The molecular weight excluding hydrogens is 228 g/mol. The maximum absolute atomic E-state index is 11.3. The Labute approximate surface area is 110 Å². The third-order valence-electron chi connectivity index (χ3n) is 3.07. The van der Waals surface area contributed by atoms with Crippen LogP contribution in [0.4, 0.5) is 4.79 Å². The summed E-state index contributed by atoms with van der Waals surface area (Å²) in [7, 11) is 0. The van der Waals surface area contributed by atoms with E-state index in [1.165, 1.54) is 38.5 Å². The maximum Gasteiger partial charge on any atom is 0.428 e. The molecule has 4 nitrogen and oxygen atoms in total. The molecule has 1 aliphatic carbocycles. The topological polar surface area (TPSA) is 50.7 Å². The van der Waals surface area contributed by atoms with E-state index in [4.69, 9.17) is 4.74 Å². The van der Waals surface area contributed by atoms with E-state index in [0.29, 0.717) is 0 Å². The summed E-state index contributed by atoms with van der Waals surface area (Å²) in [5, 5.41) is 3.89. The standard InChI is InChI=1S/C14H26N2O2/c1-14(2,3)18-13(17)16-15-11-7-10-12-8-5-4-6-9-12/h11-12H,4-10H2,1-3H3,(H,16,17)/b15-11+. The predicted octanol–water partition coefficient (Wildman–Crippen LogP) is 3.86. The molecule has 0 aromatic rings. The fraction of sp³-hybridized carbons (Fsp3) is 0.857. The predicted molar refractivity (Wildman–Crippen MR) is 73.7 cm³/mol. The zero-order valence-electron chi connectivity index (χ0n) is 11.9. The summed E-state index contributed by atoms with van der Waals surface area (Å²) in [6.07, 6.45) is 10.2. The Bertz CT molecular complexity index is 276. The zero-order chi connectivity index (χ0) is 13.4. The van der Waals surface area contributed by atoms with Gasteiger partial charge in [-0.1, -0.05) is 32.1 Å². The second-order valence-corrected chi connectivity index (χ2v) is 6.01. The third kappa shape index (κ3) is 7.30. The van der Waals surface area contributed by atoms with Crippen LogP contribution in [0.2, 0.25) is 0 Å². The van der Waals surface area contributed by atoms with Gasteiger partial charge >= 0.3 is 6.09 Å². The van der Waals surface area contributed by atoms with Crippen molar-refractivity contribution in [3.63, 3.8) is 0 Å². The molecule has 0 unspecified atom stereocenters. The molecular formula is C14H26N2O2. The molecule has 0 aliphatic heterocycles. The van der Waals surface area contributed by atoms with Gasteiger partial charge in [0, 0.05) is 6.21 Å². The first-order chi connectivity index (χ1) is 8.47. The molecule has 0 saturated heterocycles. The lowest BCUT2D eigenvalue weighted by molar-refractivity contribution is 0.0529. The van der Waals surface area contributed by atoms with Crippen molar-refractivity contribution in [2.45, 2.75) is 71.3 Å². The van der Waals surface area contributed by atoms with Crippen molar-refractivity contribution in [2.75, 3.05) is 0 Å². The summed E-state index contributed by atoms with van der Waals surface area (Å²) in [6.45, 7) is 5.50. The second-order valence-electron chi connectivity index (χ2n) is 6.01. The lowest BCUT2D eigenvalue weighted by atomic mass is 9.86. The summed E-state index contributed by atoms with van der Waals surface area (Å²) >= 11 is 0. The molecule has 1 N–H and O–H groups in total. The number of hydrogen-bond acceptors (Lipinski definition) is 3. The Kier molecular flexibility index (Phi) is 6.16. The molecule has 0 bridgehead atoms. The average molecular weight is 254 g/mol. The van der Waals surface area contributed by atoms with Gasteiger partial charge in [-0.05, 0) is 39.5 Å². The van der Waals surface area contributed by atoms with Crippen LogP contribution < -0.4 is 5.43 Å². The van der Waals surface area contributed by atoms with Gasteiger partial charge < -0.3 is 4.74 Å². The first-order valence-corrected chi connectivity index (χ1v) is 6.98. The van der Waals surface area contributed by atoms with Crippen LogP contribution in [0.5, 0.6) is 0 Å². The van der Waals surface area contributed by atoms with Crippen LogP contribution in [-0.4, -0.2) is 17.9 Å². The van der Waals surface area contributed by atoms with E-state index in [0.717, 1.165) is 12.3 Å². The molecule has 0 spiro atoms. The highest BCUT2D eigenvalue weighted by Crippen LogP contribution is 2.26. The van der Waals surface area contributed by atoms with Crippen molar-refractivity contribution in [2.24, 2.45) is 11.0 Å². The molecule has 18 heavy (non-hydrogen) atoms. The van der Waals surface area contributed by atoms with Gasteiger partial charge in [0.05, 0.1) is 0 Å². The Morgan fingerprint density at radius 1 is 1.33 bits per heavy atom. The monoisotopic (exact) mass is 254 g/mol.